The zero-order valence-electron chi connectivity index (χ0n) is 36.0. The molecule has 0 aliphatic rings. The number of carbonyl (C=O) groups excluding carboxylic acids is 2. The van der Waals surface area contributed by atoms with Crippen LogP contribution in [-0.2, 0) is 32.7 Å². The van der Waals surface area contributed by atoms with Crippen molar-refractivity contribution < 1.29 is 52.3 Å². The number of esters is 2. The average Bonchev–Trinajstić information content (AvgIpc) is 3.14. The molecular weight excluding hydrogens is 733 g/mol. The minimum Gasteiger partial charge on any atom is -0.756 e. The van der Waals surface area contributed by atoms with Gasteiger partial charge in [-0.1, -0.05) is 140 Å². The molecule has 0 amide bonds. The van der Waals surface area contributed by atoms with E-state index in [9.17, 15) is 29.3 Å². The molecule has 0 radical (unpaired) electrons. The van der Waals surface area contributed by atoms with Crippen LogP contribution in [0.1, 0.15) is 168 Å². The van der Waals surface area contributed by atoms with Crippen molar-refractivity contribution in [1.29, 1.82) is 0 Å². The van der Waals surface area contributed by atoms with Crippen molar-refractivity contribution in [2.24, 2.45) is 0 Å². The lowest BCUT2D eigenvalue weighted by Crippen LogP contribution is -2.37. The van der Waals surface area contributed by atoms with Crippen LogP contribution >= 0.6 is 7.82 Å². The number of aliphatic hydroxyl groups excluding tert-OH is 2. The van der Waals surface area contributed by atoms with E-state index in [1.165, 1.54) is 70.6 Å². The Bertz CT molecular complexity index is 1090. The fourth-order valence-corrected chi connectivity index (χ4v) is 6.44. The van der Waals surface area contributed by atoms with Crippen molar-refractivity contribution in [3.8, 4) is 0 Å². The van der Waals surface area contributed by atoms with Gasteiger partial charge >= 0.3 is 11.9 Å². The molecule has 328 valence electrons. The number of unbranched alkanes of at least 4 members (excludes halogenated alkanes) is 16. The van der Waals surface area contributed by atoms with Gasteiger partial charge in [0.1, 0.15) is 19.8 Å². The van der Waals surface area contributed by atoms with Crippen LogP contribution in [0.15, 0.2) is 36.5 Å². The Kier molecular flexibility index (Phi) is 35.0. The molecule has 0 saturated carbocycles. The molecule has 0 heterocycles. The van der Waals surface area contributed by atoms with E-state index < -0.39 is 44.7 Å². The van der Waals surface area contributed by atoms with Gasteiger partial charge in [0, 0.05) is 12.8 Å². The second-order valence-corrected chi connectivity index (χ2v) is 17.4. The fraction of sp³-hybridized carbons (Fsp3) is 0.818. The Hall–Kier alpha value is -1.85. The van der Waals surface area contributed by atoms with Gasteiger partial charge in [0.25, 0.3) is 7.82 Å². The summed E-state index contributed by atoms with van der Waals surface area (Å²) in [5.74, 6) is -0.969. The Labute approximate surface area is 341 Å². The fourth-order valence-electron chi connectivity index (χ4n) is 5.71. The van der Waals surface area contributed by atoms with Crippen molar-refractivity contribution in [2.75, 3.05) is 47.5 Å². The third-order valence-electron chi connectivity index (χ3n) is 9.34. The van der Waals surface area contributed by atoms with Gasteiger partial charge in [0.05, 0.1) is 40.0 Å². The van der Waals surface area contributed by atoms with Crippen LogP contribution in [0.4, 0.5) is 0 Å². The smallest absolute Gasteiger partial charge is 0.306 e. The summed E-state index contributed by atoms with van der Waals surface area (Å²) in [4.78, 5) is 37.5. The lowest BCUT2D eigenvalue weighted by Gasteiger charge is -2.28. The number of aliphatic hydroxyl groups is 2. The maximum atomic E-state index is 12.6. The van der Waals surface area contributed by atoms with E-state index in [0.717, 1.165) is 32.1 Å². The van der Waals surface area contributed by atoms with Crippen molar-refractivity contribution in [3.63, 3.8) is 0 Å². The summed E-state index contributed by atoms with van der Waals surface area (Å²) in [6.45, 7) is 3.96. The molecule has 2 N–H and O–H groups in total. The number of carbonyl (C=O) groups is 2. The number of nitrogens with zero attached hydrogens (tertiary/aromatic N) is 1. The molecule has 0 saturated heterocycles. The highest BCUT2D eigenvalue weighted by atomic mass is 31.2. The van der Waals surface area contributed by atoms with Crippen LogP contribution in [0.5, 0.6) is 0 Å². The molecule has 11 nitrogen and oxygen atoms in total. The maximum Gasteiger partial charge on any atom is 0.306 e. The summed E-state index contributed by atoms with van der Waals surface area (Å²) in [6.07, 6.45) is 32.1. The average molecular weight is 816 g/mol. The van der Waals surface area contributed by atoms with Crippen LogP contribution in [0.2, 0.25) is 0 Å². The first-order valence-corrected chi connectivity index (χ1v) is 23.3. The number of ether oxygens (including phenoxy) is 2. The molecule has 0 rings (SSSR count). The van der Waals surface area contributed by atoms with Crippen molar-refractivity contribution >= 4 is 19.8 Å². The zero-order valence-corrected chi connectivity index (χ0v) is 36.9. The Balaban J connectivity index is 4.56. The summed E-state index contributed by atoms with van der Waals surface area (Å²) < 4.78 is 33.7. The Morgan fingerprint density at radius 1 is 0.625 bits per heavy atom. The van der Waals surface area contributed by atoms with E-state index in [4.69, 9.17) is 18.5 Å². The number of likely N-dealkylation sites (N-methyl/N-ethyl adjacent to an activating group) is 1. The largest absolute Gasteiger partial charge is 0.756 e. The highest BCUT2D eigenvalue weighted by molar-refractivity contribution is 7.45. The van der Waals surface area contributed by atoms with Gasteiger partial charge in [-0.2, -0.15) is 0 Å². The molecule has 0 fully saturated rings. The van der Waals surface area contributed by atoms with E-state index in [1.807, 2.05) is 51.5 Å². The molecule has 0 bridgehead atoms. The van der Waals surface area contributed by atoms with Crippen molar-refractivity contribution in [1.82, 2.24) is 0 Å². The Morgan fingerprint density at radius 3 is 1.70 bits per heavy atom. The van der Waals surface area contributed by atoms with Crippen molar-refractivity contribution in [2.45, 2.75) is 186 Å². The summed E-state index contributed by atoms with van der Waals surface area (Å²) in [5, 5.41) is 20.3. The second kappa shape index (κ2) is 36.2. The molecular formula is C44H82NO10P. The van der Waals surface area contributed by atoms with E-state index in [-0.39, 0.29) is 26.1 Å². The molecule has 0 spiro atoms. The summed E-state index contributed by atoms with van der Waals surface area (Å²) in [6, 6.07) is 0. The summed E-state index contributed by atoms with van der Waals surface area (Å²) in [7, 11) is 1.06. The number of allylic oxidation sites excluding steroid dienone is 4. The van der Waals surface area contributed by atoms with Crippen LogP contribution in [0, 0.1) is 0 Å². The molecule has 0 aromatic rings. The molecule has 56 heavy (non-hydrogen) atoms. The number of phosphoric ester groups is 1. The van der Waals surface area contributed by atoms with Crippen molar-refractivity contribution in [3.05, 3.63) is 36.5 Å². The molecule has 4 atom stereocenters. The molecule has 0 aromatic heterocycles. The van der Waals surface area contributed by atoms with Crippen LogP contribution in [-0.4, -0.2) is 92.5 Å². The zero-order chi connectivity index (χ0) is 41.8. The number of rotatable bonds is 39. The predicted molar refractivity (Wildman–Crippen MR) is 225 cm³/mol. The van der Waals surface area contributed by atoms with Crippen LogP contribution in [0.25, 0.3) is 0 Å². The van der Waals surface area contributed by atoms with Gasteiger partial charge in [0.15, 0.2) is 6.10 Å². The van der Waals surface area contributed by atoms with E-state index in [1.54, 1.807) is 0 Å². The predicted octanol–water partition coefficient (Wildman–Crippen LogP) is 9.44. The summed E-state index contributed by atoms with van der Waals surface area (Å²) in [5.41, 5.74) is 0. The minimum atomic E-state index is -4.66. The SMILES string of the molecule is CCCCC/C=C/CC(O)C(O)C/C=C\C/C=C\CCCC(=O)OC(COC(=O)CCCCCCCCCCCCCCC)COP(=O)([O-])OCC[N+](C)(C)C. The van der Waals surface area contributed by atoms with Crippen LogP contribution < -0.4 is 4.89 Å². The van der Waals surface area contributed by atoms with E-state index in [2.05, 4.69) is 19.9 Å². The van der Waals surface area contributed by atoms with Gasteiger partial charge in [0.2, 0.25) is 0 Å². The molecule has 0 aliphatic heterocycles. The lowest BCUT2D eigenvalue weighted by atomic mass is 10.0. The number of hydrogen-bond acceptors (Lipinski definition) is 10. The monoisotopic (exact) mass is 816 g/mol. The van der Waals surface area contributed by atoms with Crippen LogP contribution in [0.3, 0.4) is 0 Å². The number of phosphoric acid groups is 1. The normalized spacial score (nSPS) is 15.1. The Morgan fingerprint density at radius 2 is 1.11 bits per heavy atom. The number of hydrogen-bond donors (Lipinski definition) is 2. The topological polar surface area (TPSA) is 152 Å². The first-order chi connectivity index (χ1) is 26.8. The first-order valence-electron chi connectivity index (χ1n) is 21.9. The first kappa shape index (κ1) is 54.2. The summed E-state index contributed by atoms with van der Waals surface area (Å²) >= 11 is 0. The van der Waals surface area contributed by atoms with Gasteiger partial charge < -0.3 is 38.1 Å². The maximum absolute atomic E-state index is 12.6. The molecule has 12 heteroatoms. The second-order valence-electron chi connectivity index (χ2n) is 16.0. The lowest BCUT2D eigenvalue weighted by molar-refractivity contribution is -0.870. The van der Waals surface area contributed by atoms with E-state index >= 15 is 0 Å². The molecule has 0 aliphatic carbocycles. The number of quaternary nitrogens is 1. The quantitative estimate of drug-likeness (QED) is 0.0202. The standard InChI is InChI=1S/C44H82NO10P/c1-6-8-10-12-14-15-16-17-18-19-22-26-30-34-43(48)52-38-40(39-54-56(50,51)53-37-36-45(3,4)5)55-44(49)35-31-27-23-20-21-25-29-33-42(47)41(46)32-28-24-13-11-9-7-2/h20,23-25,28-29,40-42,46-47H,6-19,21-22,26-27,30-39H2,1-5H3/b23-20-,28-24+,29-25-. The van der Waals surface area contributed by atoms with Gasteiger partial charge in [-0.05, 0) is 51.4 Å². The van der Waals surface area contributed by atoms with Gasteiger partial charge in [-0.3, -0.25) is 14.2 Å². The molecule has 0 aromatic carbocycles. The highest BCUT2D eigenvalue weighted by Gasteiger charge is 2.21. The van der Waals surface area contributed by atoms with Gasteiger partial charge in [-0.15, -0.1) is 0 Å². The third kappa shape index (κ3) is 37.7. The molecule has 4 unspecified atom stereocenters. The third-order valence-corrected chi connectivity index (χ3v) is 10.3. The van der Waals surface area contributed by atoms with Gasteiger partial charge in [-0.25, -0.2) is 0 Å². The highest BCUT2D eigenvalue weighted by Crippen LogP contribution is 2.38. The van der Waals surface area contributed by atoms with E-state index in [0.29, 0.717) is 49.6 Å². The minimum absolute atomic E-state index is 0.0612.